The number of nitrogens with zero attached hydrogens (tertiary/aromatic N) is 1. The summed E-state index contributed by atoms with van der Waals surface area (Å²) in [5.74, 6) is -1.75. The molecule has 152 valence electrons. The smallest absolute Gasteiger partial charge is 0.358 e. The van der Waals surface area contributed by atoms with Gasteiger partial charge in [-0.2, -0.15) is 26.3 Å². The summed E-state index contributed by atoms with van der Waals surface area (Å²) in [6.45, 7) is 1.60. The Morgan fingerprint density at radius 1 is 1.00 bits per heavy atom. The first-order chi connectivity index (χ1) is 12.9. The number of aryl methyl sites for hydroxylation is 1. The summed E-state index contributed by atoms with van der Waals surface area (Å²) in [7, 11) is 0. The van der Waals surface area contributed by atoms with E-state index in [0.717, 1.165) is 12.3 Å². The van der Waals surface area contributed by atoms with E-state index in [-0.39, 0.29) is 48.3 Å². The van der Waals surface area contributed by atoms with Crippen molar-refractivity contribution >= 4 is 0 Å². The molecule has 1 aliphatic carbocycles. The van der Waals surface area contributed by atoms with E-state index in [0.29, 0.717) is 11.3 Å². The number of H-pyrrole nitrogens is 1. The maximum Gasteiger partial charge on any atom is 0.433 e. The zero-order valence-corrected chi connectivity index (χ0v) is 14.9. The number of hydrogen-bond acceptors (Lipinski definition) is 2. The summed E-state index contributed by atoms with van der Waals surface area (Å²) in [6, 6.07) is 3.35. The SMILES string of the molecule is Cc1cc(=O)cc(-c2cc(C(F)(F)F)ncc2[C@H]2CC[C@@H](C(F)(F)F)CC2)[nH]1. The van der Waals surface area contributed by atoms with Crippen molar-refractivity contribution in [3.05, 3.63) is 51.6 Å². The molecule has 1 aliphatic rings. The molecule has 0 aliphatic heterocycles. The molecule has 28 heavy (non-hydrogen) atoms. The molecule has 1 saturated carbocycles. The van der Waals surface area contributed by atoms with Crippen molar-refractivity contribution in [1.82, 2.24) is 9.97 Å². The minimum Gasteiger partial charge on any atom is -0.358 e. The van der Waals surface area contributed by atoms with E-state index in [1.165, 1.54) is 12.1 Å². The van der Waals surface area contributed by atoms with Gasteiger partial charge in [0.15, 0.2) is 5.43 Å². The number of nitrogens with one attached hydrogen (secondary N) is 1. The number of halogens is 6. The highest BCUT2D eigenvalue weighted by atomic mass is 19.4. The first-order valence-electron chi connectivity index (χ1n) is 8.80. The number of alkyl halides is 6. The Bertz CT molecular complexity index is 908. The molecular weight excluding hydrogens is 386 g/mol. The zero-order chi connectivity index (χ0) is 20.7. The monoisotopic (exact) mass is 404 g/mol. The molecule has 0 bridgehead atoms. The van der Waals surface area contributed by atoms with Crippen LogP contribution in [0.4, 0.5) is 26.3 Å². The molecule has 0 spiro atoms. The van der Waals surface area contributed by atoms with Crippen molar-refractivity contribution in [1.29, 1.82) is 0 Å². The van der Waals surface area contributed by atoms with Crippen molar-refractivity contribution < 1.29 is 26.3 Å². The second-order valence-electron chi connectivity index (χ2n) is 7.16. The van der Waals surface area contributed by atoms with Crippen LogP contribution < -0.4 is 5.43 Å². The number of hydrogen-bond donors (Lipinski definition) is 1. The van der Waals surface area contributed by atoms with E-state index < -0.39 is 24.0 Å². The van der Waals surface area contributed by atoms with Gasteiger partial charge in [-0.25, -0.2) is 0 Å². The van der Waals surface area contributed by atoms with Crippen LogP contribution in [-0.2, 0) is 6.18 Å². The Hall–Kier alpha value is -2.32. The predicted molar refractivity (Wildman–Crippen MR) is 90.8 cm³/mol. The lowest BCUT2D eigenvalue weighted by molar-refractivity contribution is -0.182. The second-order valence-corrected chi connectivity index (χ2v) is 7.16. The van der Waals surface area contributed by atoms with Crippen LogP contribution in [0.5, 0.6) is 0 Å². The molecule has 2 aromatic rings. The molecule has 2 aromatic heterocycles. The lowest BCUT2D eigenvalue weighted by Crippen LogP contribution is -2.27. The number of aromatic nitrogens is 2. The minimum absolute atomic E-state index is 0.0844. The Balaban J connectivity index is 2.03. The molecular formula is C19H18F6N2O. The standard InChI is InChI=1S/C19H18F6N2O/c1-10-6-13(28)7-16(27-10)14-8-17(19(23,24)25)26-9-15(14)11-2-4-12(5-3-11)18(20,21)22/h6-9,11-12H,2-5H2,1H3,(H,27,28)/t11-,12+. The van der Waals surface area contributed by atoms with Gasteiger partial charge in [-0.3, -0.25) is 9.78 Å². The fraction of sp³-hybridized carbons (Fsp3) is 0.474. The van der Waals surface area contributed by atoms with E-state index in [9.17, 15) is 31.1 Å². The first-order valence-corrected chi connectivity index (χ1v) is 8.80. The zero-order valence-electron chi connectivity index (χ0n) is 14.9. The van der Waals surface area contributed by atoms with Crippen LogP contribution in [0.2, 0.25) is 0 Å². The third-order valence-electron chi connectivity index (χ3n) is 5.12. The number of pyridine rings is 2. The molecule has 0 unspecified atom stereocenters. The largest absolute Gasteiger partial charge is 0.433 e. The van der Waals surface area contributed by atoms with Crippen LogP contribution in [0.25, 0.3) is 11.3 Å². The van der Waals surface area contributed by atoms with Crippen LogP contribution in [0, 0.1) is 12.8 Å². The Labute approximate surface area is 156 Å². The van der Waals surface area contributed by atoms with Gasteiger partial charge in [0.05, 0.1) is 5.92 Å². The van der Waals surface area contributed by atoms with Gasteiger partial charge >= 0.3 is 12.4 Å². The van der Waals surface area contributed by atoms with Gasteiger partial charge in [-0.15, -0.1) is 0 Å². The van der Waals surface area contributed by atoms with Crippen LogP contribution in [-0.4, -0.2) is 16.1 Å². The molecule has 0 aromatic carbocycles. The third kappa shape index (κ3) is 4.39. The van der Waals surface area contributed by atoms with Crippen molar-refractivity contribution in [3.8, 4) is 11.3 Å². The molecule has 0 amide bonds. The summed E-state index contributed by atoms with van der Waals surface area (Å²) < 4.78 is 78.2. The number of rotatable bonds is 2. The maximum absolute atomic E-state index is 13.1. The van der Waals surface area contributed by atoms with Gasteiger partial charge in [0.25, 0.3) is 0 Å². The van der Waals surface area contributed by atoms with Crippen LogP contribution >= 0.6 is 0 Å². The van der Waals surface area contributed by atoms with Gasteiger partial charge in [0, 0.05) is 35.3 Å². The minimum atomic E-state index is -4.68. The fourth-order valence-electron chi connectivity index (χ4n) is 3.74. The molecule has 0 atom stereocenters. The molecule has 0 saturated heterocycles. The van der Waals surface area contributed by atoms with Crippen LogP contribution in [0.1, 0.15) is 48.6 Å². The summed E-state index contributed by atoms with van der Waals surface area (Å²) >= 11 is 0. The van der Waals surface area contributed by atoms with E-state index in [1.54, 1.807) is 6.92 Å². The van der Waals surface area contributed by atoms with Crippen LogP contribution in [0.15, 0.2) is 29.2 Å². The highest BCUT2D eigenvalue weighted by Gasteiger charge is 2.42. The Morgan fingerprint density at radius 3 is 2.18 bits per heavy atom. The van der Waals surface area contributed by atoms with Crippen molar-refractivity contribution in [2.45, 2.75) is 50.9 Å². The topological polar surface area (TPSA) is 45.8 Å². The summed E-state index contributed by atoms with van der Waals surface area (Å²) in [4.78, 5) is 18.2. The van der Waals surface area contributed by atoms with Crippen molar-refractivity contribution in [2.75, 3.05) is 0 Å². The molecule has 1 N–H and O–H groups in total. The van der Waals surface area contributed by atoms with Gasteiger partial charge < -0.3 is 4.98 Å². The maximum atomic E-state index is 13.1. The molecule has 2 heterocycles. The average molecular weight is 404 g/mol. The van der Waals surface area contributed by atoms with Crippen molar-refractivity contribution in [3.63, 3.8) is 0 Å². The van der Waals surface area contributed by atoms with Crippen molar-refractivity contribution in [2.24, 2.45) is 5.92 Å². The highest BCUT2D eigenvalue weighted by molar-refractivity contribution is 5.65. The second kappa shape index (κ2) is 7.25. The van der Waals surface area contributed by atoms with Gasteiger partial charge in [-0.05, 0) is 50.2 Å². The Kier molecular flexibility index (Phi) is 5.29. The lowest BCUT2D eigenvalue weighted by Gasteiger charge is -2.31. The van der Waals surface area contributed by atoms with E-state index in [1.807, 2.05) is 0 Å². The predicted octanol–water partition coefficient (Wildman–Crippen LogP) is 5.60. The summed E-state index contributed by atoms with van der Waals surface area (Å²) in [5, 5.41) is 0. The van der Waals surface area contributed by atoms with E-state index in [4.69, 9.17) is 0 Å². The molecule has 0 radical (unpaired) electrons. The quantitative estimate of drug-likeness (QED) is 0.663. The molecule has 1 fully saturated rings. The normalized spacial score (nSPS) is 21.0. The average Bonchev–Trinajstić information content (AvgIpc) is 2.59. The van der Waals surface area contributed by atoms with Gasteiger partial charge in [0.1, 0.15) is 5.69 Å². The molecule has 3 rings (SSSR count). The van der Waals surface area contributed by atoms with Gasteiger partial charge in [-0.1, -0.05) is 0 Å². The third-order valence-corrected chi connectivity index (χ3v) is 5.12. The fourth-order valence-corrected chi connectivity index (χ4v) is 3.74. The summed E-state index contributed by atoms with van der Waals surface area (Å²) in [6.07, 6.45) is -7.64. The lowest BCUT2D eigenvalue weighted by atomic mass is 9.77. The van der Waals surface area contributed by atoms with Crippen LogP contribution in [0.3, 0.4) is 0 Å². The van der Waals surface area contributed by atoms with Gasteiger partial charge in [0.2, 0.25) is 0 Å². The Morgan fingerprint density at radius 2 is 1.64 bits per heavy atom. The molecule has 9 heteroatoms. The van der Waals surface area contributed by atoms with E-state index >= 15 is 0 Å². The summed E-state index contributed by atoms with van der Waals surface area (Å²) in [5.41, 5.74) is -0.236. The number of aromatic amines is 1. The highest BCUT2D eigenvalue weighted by Crippen LogP contribution is 2.45. The first kappa shape index (κ1) is 20.4. The molecule has 3 nitrogen and oxygen atoms in total. The van der Waals surface area contributed by atoms with E-state index in [2.05, 4.69) is 9.97 Å².